The van der Waals surface area contributed by atoms with Gasteiger partial charge in [-0.1, -0.05) is 20.8 Å². The Morgan fingerprint density at radius 3 is 2.43 bits per heavy atom. The lowest BCUT2D eigenvalue weighted by Crippen LogP contribution is -2.49. The molecule has 0 spiro atoms. The van der Waals surface area contributed by atoms with Crippen LogP contribution in [0.3, 0.4) is 0 Å². The normalized spacial score (nSPS) is 19.9. The highest BCUT2D eigenvalue weighted by molar-refractivity contribution is 6.39. The van der Waals surface area contributed by atoms with Gasteiger partial charge >= 0.3 is 0 Å². The first kappa shape index (κ1) is 17.4. The maximum Gasteiger partial charge on any atom is 0.267 e. The molecule has 2 aliphatic rings. The van der Waals surface area contributed by atoms with Crippen molar-refractivity contribution in [2.45, 2.75) is 58.9 Å². The van der Waals surface area contributed by atoms with Gasteiger partial charge in [-0.15, -0.1) is 0 Å². The average Bonchev–Trinajstić information content (AvgIpc) is 2.46. The molecule has 0 atom stereocenters. The average molecular weight is 322 g/mol. The van der Waals surface area contributed by atoms with Gasteiger partial charge in [-0.2, -0.15) is 5.10 Å². The van der Waals surface area contributed by atoms with Gasteiger partial charge in [0.25, 0.3) is 5.91 Å². The molecule has 0 aromatic carbocycles. The molecule has 1 fully saturated rings. The molecule has 3 amide bonds. The summed E-state index contributed by atoms with van der Waals surface area (Å²) in [6.07, 6.45) is 2.72. The number of nitrogens with one attached hydrogen (secondary N) is 2. The van der Waals surface area contributed by atoms with Crippen molar-refractivity contribution in [3.05, 3.63) is 0 Å². The Morgan fingerprint density at radius 1 is 1.26 bits per heavy atom. The molecule has 0 unspecified atom stereocenters. The summed E-state index contributed by atoms with van der Waals surface area (Å²) in [7, 11) is 0. The number of hydrogen-bond donors (Lipinski definition) is 2. The van der Waals surface area contributed by atoms with E-state index < -0.39 is 0 Å². The van der Waals surface area contributed by atoms with Crippen LogP contribution in [0.1, 0.15) is 52.9 Å². The summed E-state index contributed by atoms with van der Waals surface area (Å²) in [6.45, 7) is 7.51. The van der Waals surface area contributed by atoms with Gasteiger partial charge in [0, 0.05) is 38.4 Å². The largest absolute Gasteiger partial charge is 0.348 e. The summed E-state index contributed by atoms with van der Waals surface area (Å²) in [4.78, 5) is 37.2. The lowest BCUT2D eigenvalue weighted by Gasteiger charge is -2.34. The summed E-state index contributed by atoms with van der Waals surface area (Å²) >= 11 is 0. The molecule has 0 aromatic rings. The van der Waals surface area contributed by atoms with Gasteiger partial charge in [0.15, 0.2) is 0 Å². The monoisotopic (exact) mass is 322 g/mol. The molecule has 0 saturated carbocycles. The minimum atomic E-state index is -0.218. The minimum Gasteiger partial charge on any atom is -0.348 e. The first-order chi connectivity index (χ1) is 10.7. The molecule has 0 radical (unpaired) electrons. The third-order valence-electron chi connectivity index (χ3n) is 4.03. The molecule has 1 saturated heterocycles. The van der Waals surface area contributed by atoms with Crippen molar-refractivity contribution < 1.29 is 14.4 Å². The molecular weight excluding hydrogens is 296 g/mol. The van der Waals surface area contributed by atoms with Crippen molar-refractivity contribution in [2.75, 3.05) is 13.1 Å². The van der Waals surface area contributed by atoms with E-state index in [1.165, 1.54) is 0 Å². The van der Waals surface area contributed by atoms with Crippen molar-refractivity contribution >= 4 is 23.4 Å². The van der Waals surface area contributed by atoms with E-state index in [4.69, 9.17) is 0 Å². The van der Waals surface area contributed by atoms with E-state index in [2.05, 4.69) is 36.6 Å². The zero-order valence-corrected chi connectivity index (χ0v) is 14.1. The first-order valence-corrected chi connectivity index (χ1v) is 8.19. The number of hydrogen-bond acceptors (Lipinski definition) is 4. The Labute approximate surface area is 136 Å². The lowest BCUT2D eigenvalue weighted by atomic mass is 9.91. The molecular formula is C16H26N4O3. The minimum absolute atomic E-state index is 0.00823. The van der Waals surface area contributed by atoms with Crippen molar-refractivity contribution in [1.29, 1.82) is 0 Å². The number of carbonyl (C=O) groups excluding carboxylic acids is 3. The highest BCUT2D eigenvalue weighted by Gasteiger charge is 2.27. The zero-order valence-electron chi connectivity index (χ0n) is 14.1. The quantitative estimate of drug-likeness (QED) is 0.805. The third kappa shape index (κ3) is 5.33. The van der Waals surface area contributed by atoms with Gasteiger partial charge in [-0.05, 0) is 18.3 Å². The number of likely N-dealkylation sites (tertiary alicyclic amines) is 1. The maximum atomic E-state index is 12.2. The van der Waals surface area contributed by atoms with E-state index >= 15 is 0 Å². The van der Waals surface area contributed by atoms with Crippen LogP contribution in [0.25, 0.3) is 0 Å². The summed E-state index contributed by atoms with van der Waals surface area (Å²) in [5.74, 6) is -0.196. The van der Waals surface area contributed by atoms with Crippen molar-refractivity contribution in [3.63, 3.8) is 0 Å². The molecule has 7 heteroatoms. The van der Waals surface area contributed by atoms with Crippen molar-refractivity contribution in [3.8, 4) is 0 Å². The Bertz CT molecular complexity index is 514. The van der Waals surface area contributed by atoms with Crippen LogP contribution in [0, 0.1) is 5.41 Å². The van der Waals surface area contributed by atoms with Gasteiger partial charge in [-0.25, -0.2) is 5.43 Å². The van der Waals surface area contributed by atoms with E-state index in [-0.39, 0.29) is 29.2 Å². The van der Waals surface area contributed by atoms with Crippen LogP contribution in [0.4, 0.5) is 0 Å². The molecule has 2 N–H and O–H groups in total. The van der Waals surface area contributed by atoms with E-state index in [1.54, 1.807) is 0 Å². The van der Waals surface area contributed by atoms with Crippen molar-refractivity contribution in [1.82, 2.24) is 15.6 Å². The van der Waals surface area contributed by atoms with Gasteiger partial charge < -0.3 is 10.2 Å². The van der Waals surface area contributed by atoms with Gasteiger partial charge in [0.2, 0.25) is 11.8 Å². The highest BCUT2D eigenvalue weighted by atomic mass is 16.2. The fourth-order valence-corrected chi connectivity index (χ4v) is 2.75. The topological polar surface area (TPSA) is 90.9 Å². The second kappa shape index (κ2) is 7.10. The number of nitrogens with zero attached hydrogens (tertiary/aromatic N) is 2. The molecule has 7 nitrogen and oxygen atoms in total. The zero-order chi connectivity index (χ0) is 17.0. The number of hydrazone groups is 1. The van der Waals surface area contributed by atoms with Crippen molar-refractivity contribution in [2.24, 2.45) is 10.5 Å². The molecule has 0 aromatic heterocycles. The molecule has 0 bridgehead atoms. The van der Waals surface area contributed by atoms with Crippen LogP contribution >= 0.6 is 0 Å². The van der Waals surface area contributed by atoms with E-state index in [1.807, 2.05) is 4.90 Å². The number of piperidine rings is 1. The number of amides is 3. The second-order valence-electron chi connectivity index (χ2n) is 7.46. The molecule has 2 rings (SSSR count). The Balaban J connectivity index is 1.77. The van der Waals surface area contributed by atoms with Crippen LogP contribution in [-0.2, 0) is 14.4 Å². The summed E-state index contributed by atoms with van der Waals surface area (Å²) < 4.78 is 0. The van der Waals surface area contributed by atoms with E-state index in [0.717, 1.165) is 12.8 Å². The fourth-order valence-electron chi connectivity index (χ4n) is 2.75. The molecule has 2 aliphatic heterocycles. The summed E-state index contributed by atoms with van der Waals surface area (Å²) in [5.41, 5.74) is 2.69. The van der Waals surface area contributed by atoms with Gasteiger partial charge in [0.1, 0.15) is 5.71 Å². The maximum absolute atomic E-state index is 12.2. The molecule has 23 heavy (non-hydrogen) atoms. The molecule has 2 heterocycles. The van der Waals surface area contributed by atoms with Crippen LogP contribution in [0.2, 0.25) is 0 Å². The van der Waals surface area contributed by atoms with Crippen LogP contribution in [0.5, 0.6) is 0 Å². The predicted molar refractivity (Wildman–Crippen MR) is 86.6 cm³/mol. The fraction of sp³-hybridized carbons (Fsp3) is 0.750. The van der Waals surface area contributed by atoms with Crippen LogP contribution in [0.15, 0.2) is 5.10 Å². The predicted octanol–water partition coefficient (Wildman–Crippen LogP) is 0.796. The molecule has 128 valence electrons. The van der Waals surface area contributed by atoms with Crippen LogP contribution in [-0.4, -0.2) is 47.5 Å². The highest BCUT2D eigenvalue weighted by Crippen LogP contribution is 2.21. The Kier molecular flexibility index (Phi) is 5.38. The van der Waals surface area contributed by atoms with Gasteiger partial charge in [0.05, 0.1) is 0 Å². The lowest BCUT2D eigenvalue weighted by molar-refractivity contribution is -0.134. The van der Waals surface area contributed by atoms with E-state index in [0.29, 0.717) is 38.1 Å². The summed E-state index contributed by atoms with van der Waals surface area (Å²) in [5, 5.41) is 6.75. The number of carbonyl (C=O) groups is 3. The third-order valence-corrected chi connectivity index (χ3v) is 4.03. The first-order valence-electron chi connectivity index (χ1n) is 8.19. The molecule has 0 aliphatic carbocycles. The smallest absolute Gasteiger partial charge is 0.267 e. The Morgan fingerprint density at radius 2 is 1.91 bits per heavy atom. The second-order valence-corrected chi connectivity index (χ2v) is 7.46. The van der Waals surface area contributed by atoms with E-state index in [9.17, 15) is 14.4 Å². The SMILES string of the molecule is CC(C)(C)CC(=O)N1CCC(NC(=O)C2=NNC(=O)CC2)CC1. The Hall–Kier alpha value is -1.92. The van der Waals surface area contributed by atoms with Gasteiger partial charge in [-0.3, -0.25) is 14.4 Å². The van der Waals surface area contributed by atoms with Crippen LogP contribution < -0.4 is 10.7 Å². The standard InChI is InChI=1S/C16H26N4O3/c1-16(2,3)10-14(22)20-8-6-11(7-9-20)17-15(23)12-4-5-13(21)19-18-12/h11H,4-10H2,1-3H3,(H,17,23)(H,19,21). The summed E-state index contributed by atoms with van der Waals surface area (Å²) in [6, 6.07) is 0.0570. The number of rotatable bonds is 3.